The maximum atomic E-state index is 10.0. The molecular formula is C20H27IO3. The fourth-order valence-corrected chi connectivity index (χ4v) is 2.66. The molecule has 0 aliphatic heterocycles. The number of benzene rings is 1. The van der Waals surface area contributed by atoms with Crippen molar-refractivity contribution in [2.75, 3.05) is 13.7 Å². The highest BCUT2D eigenvalue weighted by molar-refractivity contribution is 14.1. The molecule has 1 N–H and O–H groups in total. The molecule has 2 atom stereocenters. The fraction of sp³-hybridized carbons (Fsp3) is 0.400. The van der Waals surface area contributed by atoms with Gasteiger partial charge in [-0.1, -0.05) is 43.4 Å². The molecule has 0 aliphatic carbocycles. The first-order chi connectivity index (χ1) is 11.6. The minimum atomic E-state index is -0.475. The molecule has 1 rings (SSSR count). The Morgan fingerprint density at radius 1 is 1.33 bits per heavy atom. The smallest absolute Gasteiger partial charge is 0.118 e. The second kappa shape index (κ2) is 12.3. The molecule has 132 valence electrons. The minimum Gasteiger partial charge on any atom is -0.497 e. The SMILES string of the molecule is C=CC(CC)C(O)/C=C/C(I)=C/CCOCc1ccc(OC)cc1. The lowest BCUT2D eigenvalue weighted by Crippen LogP contribution is -2.14. The summed E-state index contributed by atoms with van der Waals surface area (Å²) in [6, 6.07) is 7.88. The summed E-state index contributed by atoms with van der Waals surface area (Å²) in [5, 5.41) is 10.0. The first kappa shape index (κ1) is 20.9. The molecule has 1 aromatic rings. The van der Waals surface area contributed by atoms with E-state index in [0.717, 1.165) is 27.7 Å². The number of allylic oxidation sites excluding steroid dienone is 2. The molecule has 0 heterocycles. The third-order valence-corrected chi connectivity index (χ3v) is 4.49. The Morgan fingerprint density at radius 2 is 2.04 bits per heavy atom. The summed E-state index contributed by atoms with van der Waals surface area (Å²) in [5.74, 6) is 0.963. The Kier molecular flexibility index (Phi) is 10.7. The molecule has 3 nitrogen and oxygen atoms in total. The third kappa shape index (κ3) is 8.13. The maximum Gasteiger partial charge on any atom is 0.118 e. The molecule has 0 amide bonds. The van der Waals surface area contributed by atoms with Crippen LogP contribution in [0.15, 0.2) is 58.7 Å². The molecule has 0 radical (unpaired) electrons. The van der Waals surface area contributed by atoms with Crippen LogP contribution < -0.4 is 4.74 Å². The van der Waals surface area contributed by atoms with Crippen molar-refractivity contribution in [2.45, 2.75) is 32.5 Å². The van der Waals surface area contributed by atoms with E-state index in [2.05, 4.69) is 35.2 Å². The zero-order valence-corrected chi connectivity index (χ0v) is 16.6. The second-order valence-electron chi connectivity index (χ2n) is 5.44. The van der Waals surface area contributed by atoms with Crippen LogP contribution in [0.3, 0.4) is 0 Å². The number of aliphatic hydroxyl groups is 1. The number of hydrogen-bond acceptors (Lipinski definition) is 3. The van der Waals surface area contributed by atoms with Crippen molar-refractivity contribution in [3.8, 4) is 5.75 Å². The summed E-state index contributed by atoms with van der Waals surface area (Å²) in [6.45, 7) is 7.06. The molecule has 2 unspecified atom stereocenters. The van der Waals surface area contributed by atoms with Crippen LogP contribution >= 0.6 is 22.6 Å². The van der Waals surface area contributed by atoms with Crippen LogP contribution in [0.5, 0.6) is 5.75 Å². The van der Waals surface area contributed by atoms with Crippen molar-refractivity contribution in [1.82, 2.24) is 0 Å². The Bertz CT molecular complexity index is 534. The zero-order chi connectivity index (χ0) is 17.8. The van der Waals surface area contributed by atoms with E-state index < -0.39 is 6.10 Å². The van der Waals surface area contributed by atoms with E-state index in [-0.39, 0.29) is 5.92 Å². The van der Waals surface area contributed by atoms with Crippen LogP contribution in [0, 0.1) is 5.92 Å². The summed E-state index contributed by atoms with van der Waals surface area (Å²) in [6.07, 6.45) is 8.93. The maximum absolute atomic E-state index is 10.0. The van der Waals surface area contributed by atoms with Gasteiger partial charge in [-0.3, -0.25) is 0 Å². The van der Waals surface area contributed by atoms with Crippen LogP contribution in [0.25, 0.3) is 0 Å². The predicted molar refractivity (Wildman–Crippen MR) is 108 cm³/mol. The average molecular weight is 442 g/mol. The van der Waals surface area contributed by atoms with Crippen LogP contribution in [-0.2, 0) is 11.3 Å². The topological polar surface area (TPSA) is 38.7 Å². The highest BCUT2D eigenvalue weighted by Crippen LogP contribution is 2.15. The van der Waals surface area contributed by atoms with Gasteiger partial charge in [0.2, 0.25) is 0 Å². The first-order valence-corrected chi connectivity index (χ1v) is 9.23. The number of aliphatic hydroxyl groups excluding tert-OH is 1. The van der Waals surface area contributed by atoms with E-state index in [0.29, 0.717) is 13.2 Å². The molecule has 24 heavy (non-hydrogen) atoms. The largest absolute Gasteiger partial charge is 0.497 e. The Hall–Kier alpha value is -1.11. The number of rotatable bonds is 11. The van der Waals surface area contributed by atoms with Gasteiger partial charge in [0.05, 0.1) is 26.4 Å². The summed E-state index contributed by atoms with van der Waals surface area (Å²) < 4.78 is 11.9. The first-order valence-electron chi connectivity index (χ1n) is 8.15. The fourth-order valence-electron chi connectivity index (χ4n) is 2.14. The monoisotopic (exact) mass is 442 g/mol. The summed E-state index contributed by atoms with van der Waals surface area (Å²) in [5.41, 5.74) is 1.13. The van der Waals surface area contributed by atoms with Crippen LogP contribution in [-0.4, -0.2) is 24.9 Å². The van der Waals surface area contributed by atoms with E-state index in [1.807, 2.05) is 43.3 Å². The highest BCUT2D eigenvalue weighted by Gasteiger charge is 2.09. The van der Waals surface area contributed by atoms with E-state index in [4.69, 9.17) is 9.47 Å². The number of hydrogen-bond donors (Lipinski definition) is 1. The molecule has 1 aromatic carbocycles. The van der Waals surface area contributed by atoms with Gasteiger partial charge in [-0.05, 0) is 53.1 Å². The van der Waals surface area contributed by atoms with Crippen LogP contribution in [0.1, 0.15) is 25.3 Å². The molecule has 0 saturated carbocycles. The quantitative estimate of drug-likeness (QED) is 0.226. The van der Waals surface area contributed by atoms with Crippen molar-refractivity contribution in [2.24, 2.45) is 5.92 Å². The molecular weight excluding hydrogens is 415 g/mol. The lowest BCUT2D eigenvalue weighted by atomic mass is 9.99. The number of halogens is 1. The summed E-state index contributed by atoms with van der Waals surface area (Å²) in [7, 11) is 1.66. The van der Waals surface area contributed by atoms with Gasteiger partial charge in [-0.25, -0.2) is 0 Å². The number of ether oxygens (including phenoxy) is 2. The van der Waals surface area contributed by atoms with Gasteiger partial charge in [0.1, 0.15) is 5.75 Å². The summed E-state index contributed by atoms with van der Waals surface area (Å²) in [4.78, 5) is 0. The van der Waals surface area contributed by atoms with E-state index in [1.165, 1.54) is 0 Å². The Labute approximate surface area is 159 Å². The molecule has 4 heteroatoms. The van der Waals surface area contributed by atoms with Crippen LogP contribution in [0.4, 0.5) is 0 Å². The van der Waals surface area contributed by atoms with Gasteiger partial charge < -0.3 is 14.6 Å². The van der Waals surface area contributed by atoms with Crippen molar-refractivity contribution in [3.05, 3.63) is 64.3 Å². The lowest BCUT2D eigenvalue weighted by molar-refractivity contribution is 0.125. The summed E-state index contributed by atoms with van der Waals surface area (Å²) >= 11 is 2.26. The zero-order valence-electron chi connectivity index (χ0n) is 14.5. The van der Waals surface area contributed by atoms with Gasteiger partial charge >= 0.3 is 0 Å². The average Bonchev–Trinajstić information content (AvgIpc) is 2.61. The molecule has 0 bridgehead atoms. The third-order valence-electron chi connectivity index (χ3n) is 3.69. The Morgan fingerprint density at radius 3 is 2.62 bits per heavy atom. The van der Waals surface area contributed by atoms with E-state index in [1.54, 1.807) is 13.2 Å². The van der Waals surface area contributed by atoms with Crippen molar-refractivity contribution < 1.29 is 14.6 Å². The number of methoxy groups -OCH3 is 1. The van der Waals surface area contributed by atoms with Gasteiger partial charge in [0.15, 0.2) is 0 Å². The molecule has 0 spiro atoms. The lowest BCUT2D eigenvalue weighted by Gasteiger charge is -2.13. The van der Waals surface area contributed by atoms with Crippen molar-refractivity contribution in [1.29, 1.82) is 0 Å². The van der Waals surface area contributed by atoms with Gasteiger partial charge in [0, 0.05) is 9.50 Å². The van der Waals surface area contributed by atoms with Crippen LogP contribution in [0.2, 0.25) is 0 Å². The Balaban J connectivity index is 2.29. The second-order valence-corrected chi connectivity index (χ2v) is 6.68. The normalized spacial score (nSPS) is 14.6. The minimum absolute atomic E-state index is 0.110. The van der Waals surface area contributed by atoms with Crippen molar-refractivity contribution in [3.63, 3.8) is 0 Å². The van der Waals surface area contributed by atoms with Gasteiger partial charge in [0.25, 0.3) is 0 Å². The molecule has 0 saturated heterocycles. The van der Waals surface area contributed by atoms with Crippen molar-refractivity contribution >= 4 is 22.6 Å². The van der Waals surface area contributed by atoms with Gasteiger partial charge in [-0.2, -0.15) is 0 Å². The molecule has 0 fully saturated rings. The molecule has 0 aromatic heterocycles. The van der Waals surface area contributed by atoms with E-state index in [9.17, 15) is 5.11 Å². The van der Waals surface area contributed by atoms with Gasteiger partial charge in [-0.15, -0.1) is 6.58 Å². The highest BCUT2D eigenvalue weighted by atomic mass is 127. The standard InChI is InChI=1S/C20H27IO3/c1-4-17(5-2)20(22)13-10-18(21)7-6-14-24-15-16-8-11-19(23-3)12-9-16/h4,7-13,17,20,22H,1,5-6,14-15H2,2-3H3/b13-10+,18-7-. The predicted octanol–water partition coefficient (Wildman–Crippen LogP) is 5.05. The molecule has 0 aliphatic rings. The van der Waals surface area contributed by atoms with E-state index >= 15 is 0 Å².